The average Bonchev–Trinajstić information content (AvgIpc) is 3.05. The van der Waals surface area contributed by atoms with E-state index < -0.39 is 0 Å². The van der Waals surface area contributed by atoms with Crippen molar-refractivity contribution in [1.29, 1.82) is 0 Å². The summed E-state index contributed by atoms with van der Waals surface area (Å²) in [6.45, 7) is 1.20. The van der Waals surface area contributed by atoms with Gasteiger partial charge in [-0.25, -0.2) is 4.98 Å². The number of rotatable bonds is 4. The molecular formula is C17H17BrN2O3. The quantitative estimate of drug-likeness (QED) is 0.822. The molecule has 0 aliphatic carbocycles. The van der Waals surface area contributed by atoms with Crippen molar-refractivity contribution in [2.75, 3.05) is 20.2 Å². The maximum absolute atomic E-state index is 12.7. The average molecular weight is 377 g/mol. The van der Waals surface area contributed by atoms with Crippen LogP contribution in [0.1, 0.15) is 16.8 Å². The highest BCUT2D eigenvalue weighted by atomic mass is 79.9. The van der Waals surface area contributed by atoms with Gasteiger partial charge in [-0.3, -0.25) is 4.79 Å². The molecule has 0 saturated carbocycles. The fraction of sp³-hybridized carbons (Fsp3) is 0.294. The number of carbonyl (C=O) groups excluding carboxylic acids is 1. The Morgan fingerprint density at radius 1 is 1.30 bits per heavy atom. The molecule has 1 unspecified atom stereocenters. The molecule has 0 bridgehead atoms. The third kappa shape index (κ3) is 3.47. The monoisotopic (exact) mass is 376 g/mol. The van der Waals surface area contributed by atoms with Crippen molar-refractivity contribution < 1.29 is 14.3 Å². The van der Waals surface area contributed by atoms with Gasteiger partial charge in [-0.1, -0.05) is 12.1 Å². The van der Waals surface area contributed by atoms with Gasteiger partial charge >= 0.3 is 0 Å². The molecular weight excluding hydrogens is 360 g/mol. The summed E-state index contributed by atoms with van der Waals surface area (Å²) < 4.78 is 12.0. The van der Waals surface area contributed by atoms with Crippen LogP contribution in [0.25, 0.3) is 0 Å². The normalized spacial score (nSPS) is 17.1. The van der Waals surface area contributed by atoms with E-state index in [-0.39, 0.29) is 12.0 Å². The zero-order chi connectivity index (χ0) is 16.2. The highest BCUT2D eigenvalue weighted by Crippen LogP contribution is 2.26. The van der Waals surface area contributed by atoms with Crippen LogP contribution in [0.2, 0.25) is 0 Å². The second-order valence-electron chi connectivity index (χ2n) is 5.27. The Bertz CT molecular complexity index is 708. The number of hydrogen-bond acceptors (Lipinski definition) is 4. The molecule has 0 spiro atoms. The van der Waals surface area contributed by atoms with E-state index in [4.69, 9.17) is 9.47 Å². The smallest absolute Gasteiger partial charge is 0.257 e. The third-order valence-electron chi connectivity index (χ3n) is 3.77. The Morgan fingerprint density at radius 2 is 2.13 bits per heavy atom. The van der Waals surface area contributed by atoms with Crippen molar-refractivity contribution in [3.05, 3.63) is 52.6 Å². The van der Waals surface area contributed by atoms with Crippen molar-refractivity contribution in [2.24, 2.45) is 0 Å². The largest absolute Gasteiger partial charge is 0.496 e. The Labute approximate surface area is 143 Å². The number of likely N-dealkylation sites (tertiary alicyclic amines) is 1. The molecule has 1 aliphatic rings. The number of hydrogen-bond donors (Lipinski definition) is 0. The first-order valence-electron chi connectivity index (χ1n) is 7.38. The summed E-state index contributed by atoms with van der Waals surface area (Å²) in [7, 11) is 1.57. The molecule has 1 saturated heterocycles. The van der Waals surface area contributed by atoms with Crippen LogP contribution in [-0.2, 0) is 0 Å². The van der Waals surface area contributed by atoms with E-state index >= 15 is 0 Å². The molecule has 3 rings (SSSR count). The molecule has 120 valence electrons. The number of aromatic nitrogens is 1. The van der Waals surface area contributed by atoms with Gasteiger partial charge < -0.3 is 14.4 Å². The fourth-order valence-corrected chi connectivity index (χ4v) is 2.96. The van der Waals surface area contributed by atoms with Crippen molar-refractivity contribution in [3.8, 4) is 11.6 Å². The van der Waals surface area contributed by atoms with Crippen molar-refractivity contribution in [1.82, 2.24) is 9.88 Å². The van der Waals surface area contributed by atoms with Crippen LogP contribution in [0.15, 0.2) is 47.1 Å². The summed E-state index contributed by atoms with van der Waals surface area (Å²) in [4.78, 5) is 18.7. The maximum atomic E-state index is 12.7. The SMILES string of the molecule is COc1ccccc1C(=O)N1CCC(Oc2ncccc2Br)C1. The van der Waals surface area contributed by atoms with E-state index in [9.17, 15) is 4.79 Å². The molecule has 0 radical (unpaired) electrons. The van der Waals surface area contributed by atoms with Gasteiger partial charge in [-0.15, -0.1) is 0 Å². The van der Waals surface area contributed by atoms with Gasteiger partial charge in [0.15, 0.2) is 0 Å². The summed E-state index contributed by atoms with van der Waals surface area (Å²) in [6, 6.07) is 11.0. The lowest BCUT2D eigenvalue weighted by Gasteiger charge is -2.18. The first kappa shape index (κ1) is 15.8. The summed E-state index contributed by atoms with van der Waals surface area (Å²) in [5.74, 6) is 1.12. The topological polar surface area (TPSA) is 51.7 Å². The van der Waals surface area contributed by atoms with E-state index in [2.05, 4.69) is 20.9 Å². The number of nitrogens with zero attached hydrogens (tertiary/aromatic N) is 2. The predicted octanol–water partition coefficient (Wildman–Crippen LogP) is 3.15. The summed E-state index contributed by atoms with van der Waals surface area (Å²) in [5, 5.41) is 0. The number of ether oxygens (including phenoxy) is 2. The van der Waals surface area contributed by atoms with Gasteiger partial charge in [0.1, 0.15) is 11.9 Å². The van der Waals surface area contributed by atoms with Crippen molar-refractivity contribution in [2.45, 2.75) is 12.5 Å². The molecule has 23 heavy (non-hydrogen) atoms. The van der Waals surface area contributed by atoms with Gasteiger partial charge in [0.2, 0.25) is 5.88 Å². The van der Waals surface area contributed by atoms with Crippen LogP contribution in [0, 0.1) is 0 Å². The molecule has 2 heterocycles. The van der Waals surface area contributed by atoms with Gasteiger partial charge in [0.25, 0.3) is 5.91 Å². The Hall–Kier alpha value is -2.08. The van der Waals surface area contributed by atoms with Gasteiger partial charge in [0, 0.05) is 19.2 Å². The van der Waals surface area contributed by atoms with E-state index in [1.54, 1.807) is 30.3 Å². The lowest BCUT2D eigenvalue weighted by Crippen LogP contribution is -2.31. The first-order valence-corrected chi connectivity index (χ1v) is 8.18. The minimum absolute atomic E-state index is 0.0337. The van der Waals surface area contributed by atoms with E-state index in [0.29, 0.717) is 30.3 Å². The number of carbonyl (C=O) groups is 1. The number of benzene rings is 1. The van der Waals surface area contributed by atoms with Crippen LogP contribution >= 0.6 is 15.9 Å². The Morgan fingerprint density at radius 3 is 2.91 bits per heavy atom. The van der Waals surface area contributed by atoms with Crippen LogP contribution < -0.4 is 9.47 Å². The van der Waals surface area contributed by atoms with E-state index in [1.165, 1.54) is 0 Å². The molecule has 1 aromatic carbocycles. The van der Waals surface area contributed by atoms with E-state index in [0.717, 1.165) is 10.9 Å². The van der Waals surface area contributed by atoms with Crippen molar-refractivity contribution in [3.63, 3.8) is 0 Å². The maximum Gasteiger partial charge on any atom is 0.257 e. The van der Waals surface area contributed by atoms with Crippen LogP contribution in [0.3, 0.4) is 0 Å². The van der Waals surface area contributed by atoms with E-state index in [1.807, 2.05) is 24.3 Å². The second-order valence-corrected chi connectivity index (χ2v) is 6.12. The molecule has 1 atom stereocenters. The van der Waals surface area contributed by atoms with Gasteiger partial charge in [-0.05, 0) is 40.2 Å². The number of pyridine rings is 1. The van der Waals surface area contributed by atoms with Gasteiger partial charge in [-0.2, -0.15) is 0 Å². The van der Waals surface area contributed by atoms with Crippen LogP contribution in [-0.4, -0.2) is 42.1 Å². The molecule has 0 N–H and O–H groups in total. The highest BCUT2D eigenvalue weighted by molar-refractivity contribution is 9.10. The summed E-state index contributed by atoms with van der Waals surface area (Å²) in [5.41, 5.74) is 0.578. The zero-order valence-corrected chi connectivity index (χ0v) is 14.3. The number of methoxy groups -OCH3 is 1. The van der Waals surface area contributed by atoms with Crippen LogP contribution in [0.5, 0.6) is 11.6 Å². The highest BCUT2D eigenvalue weighted by Gasteiger charge is 2.30. The standard InChI is InChI=1S/C17H17BrN2O3/c1-22-15-7-3-2-5-13(15)17(21)20-10-8-12(11-20)23-16-14(18)6-4-9-19-16/h2-7,9,12H,8,10-11H2,1H3. The predicted molar refractivity (Wildman–Crippen MR) is 89.9 cm³/mol. The number of halogens is 1. The molecule has 2 aromatic rings. The first-order chi connectivity index (χ1) is 11.2. The Balaban J connectivity index is 1.68. The second kappa shape index (κ2) is 7.00. The summed E-state index contributed by atoms with van der Waals surface area (Å²) >= 11 is 3.42. The van der Waals surface area contributed by atoms with Crippen molar-refractivity contribution >= 4 is 21.8 Å². The molecule has 1 aliphatic heterocycles. The minimum atomic E-state index is -0.0557. The molecule has 6 heteroatoms. The lowest BCUT2D eigenvalue weighted by atomic mass is 10.2. The Kier molecular flexibility index (Phi) is 4.81. The summed E-state index contributed by atoms with van der Waals surface area (Å²) in [6.07, 6.45) is 2.41. The minimum Gasteiger partial charge on any atom is -0.496 e. The fourth-order valence-electron chi connectivity index (χ4n) is 2.62. The van der Waals surface area contributed by atoms with Gasteiger partial charge in [0.05, 0.1) is 23.7 Å². The molecule has 5 nitrogen and oxygen atoms in total. The molecule has 1 amide bonds. The number of amides is 1. The lowest BCUT2D eigenvalue weighted by molar-refractivity contribution is 0.0767. The molecule has 1 aromatic heterocycles. The third-order valence-corrected chi connectivity index (χ3v) is 4.38. The number of para-hydroxylation sites is 1. The molecule has 1 fully saturated rings. The van der Waals surface area contributed by atoms with Crippen LogP contribution in [0.4, 0.5) is 0 Å². The zero-order valence-electron chi connectivity index (χ0n) is 12.7.